The lowest BCUT2D eigenvalue weighted by molar-refractivity contribution is 0.0936. The maximum Gasteiger partial charge on any atom is 0.271 e. The number of aryl methyl sites for hydroxylation is 2. The number of aromatic nitrogens is 2. The third-order valence-corrected chi connectivity index (χ3v) is 3.79. The zero-order valence-electron chi connectivity index (χ0n) is 13.0. The highest BCUT2D eigenvalue weighted by molar-refractivity contribution is 7.88. The quantitative estimate of drug-likeness (QED) is 0.661. The van der Waals surface area contributed by atoms with Gasteiger partial charge in [0.05, 0.1) is 17.6 Å². The topological polar surface area (TPSA) is 119 Å². The largest absolute Gasteiger partial charge is 0.395 e. The van der Waals surface area contributed by atoms with Gasteiger partial charge in [0, 0.05) is 19.1 Å². The third kappa shape index (κ3) is 4.71. The Bertz CT molecular complexity index is 634. The Morgan fingerprint density at radius 1 is 1.43 bits per heavy atom. The second kappa shape index (κ2) is 6.02. The maximum absolute atomic E-state index is 12.2. The summed E-state index contributed by atoms with van der Waals surface area (Å²) in [5, 5.41) is 6.85. The molecule has 0 saturated heterocycles. The highest BCUT2D eigenvalue weighted by Gasteiger charge is 2.25. The first-order valence-corrected chi connectivity index (χ1v) is 8.44. The van der Waals surface area contributed by atoms with Gasteiger partial charge >= 0.3 is 0 Å². The number of hydrogen-bond donors (Lipinski definition) is 3. The summed E-state index contributed by atoms with van der Waals surface area (Å²) in [4.78, 5) is 12.2. The third-order valence-electron chi connectivity index (χ3n) is 2.86. The van der Waals surface area contributed by atoms with Crippen LogP contribution in [-0.2, 0) is 23.5 Å². The van der Waals surface area contributed by atoms with Crippen molar-refractivity contribution in [2.24, 2.45) is 7.05 Å². The van der Waals surface area contributed by atoms with Crippen molar-refractivity contribution in [3.05, 3.63) is 11.4 Å². The van der Waals surface area contributed by atoms with Gasteiger partial charge in [-0.3, -0.25) is 9.48 Å². The van der Waals surface area contributed by atoms with Crippen molar-refractivity contribution in [3.63, 3.8) is 0 Å². The van der Waals surface area contributed by atoms with E-state index in [1.165, 1.54) is 4.68 Å². The Labute approximate surface area is 125 Å². The van der Waals surface area contributed by atoms with Gasteiger partial charge in [0.15, 0.2) is 0 Å². The van der Waals surface area contributed by atoms with Gasteiger partial charge in [-0.25, -0.2) is 13.1 Å². The Balaban J connectivity index is 2.81. The Kier molecular flexibility index (Phi) is 5.00. The zero-order chi connectivity index (χ0) is 16.4. The first-order chi connectivity index (χ1) is 9.47. The Morgan fingerprint density at radius 2 is 2.00 bits per heavy atom. The van der Waals surface area contributed by atoms with E-state index in [0.717, 1.165) is 6.26 Å². The molecule has 0 saturated carbocycles. The molecule has 0 atom stereocenters. The number of nitrogens with two attached hydrogens (primary N) is 1. The molecule has 1 amide bonds. The van der Waals surface area contributed by atoms with Gasteiger partial charge in [0.2, 0.25) is 10.0 Å². The van der Waals surface area contributed by atoms with Gasteiger partial charge in [-0.1, -0.05) is 6.92 Å². The van der Waals surface area contributed by atoms with Crippen molar-refractivity contribution < 1.29 is 13.2 Å². The summed E-state index contributed by atoms with van der Waals surface area (Å²) in [5.41, 5.74) is 6.40. The number of nitrogen functional groups attached to an aromatic ring is 1. The second-order valence-corrected chi connectivity index (χ2v) is 7.38. The molecule has 0 aliphatic carbocycles. The minimum Gasteiger partial charge on any atom is -0.395 e. The lowest BCUT2D eigenvalue weighted by Crippen LogP contribution is -2.51. The fraction of sp³-hybridized carbons (Fsp3) is 0.667. The highest BCUT2D eigenvalue weighted by atomic mass is 32.2. The summed E-state index contributed by atoms with van der Waals surface area (Å²) in [6.45, 7) is 5.39. The molecule has 1 heterocycles. The van der Waals surface area contributed by atoms with E-state index in [1.807, 2.05) is 6.92 Å². The minimum atomic E-state index is -3.35. The molecule has 9 heteroatoms. The SMILES string of the molecule is CCc1nn(C)c(C(=O)NCC(C)(C)NS(C)(=O)=O)c1N. The predicted octanol–water partition coefficient (Wildman–Crippen LogP) is -0.378. The lowest BCUT2D eigenvalue weighted by atomic mass is 10.1. The number of carbonyl (C=O) groups is 1. The van der Waals surface area contributed by atoms with Crippen molar-refractivity contribution in [1.82, 2.24) is 19.8 Å². The van der Waals surface area contributed by atoms with Crippen LogP contribution in [0.4, 0.5) is 5.69 Å². The van der Waals surface area contributed by atoms with Crippen LogP contribution in [0, 0.1) is 0 Å². The summed E-state index contributed by atoms with van der Waals surface area (Å²) < 4.78 is 26.4. The number of nitrogens with one attached hydrogen (secondary N) is 2. The summed E-state index contributed by atoms with van der Waals surface area (Å²) >= 11 is 0. The van der Waals surface area contributed by atoms with Crippen LogP contribution in [0.2, 0.25) is 0 Å². The van der Waals surface area contributed by atoms with E-state index in [9.17, 15) is 13.2 Å². The summed E-state index contributed by atoms with van der Waals surface area (Å²) in [6, 6.07) is 0. The van der Waals surface area contributed by atoms with Crippen molar-refractivity contribution in [2.45, 2.75) is 32.7 Å². The van der Waals surface area contributed by atoms with E-state index in [1.54, 1.807) is 20.9 Å². The smallest absolute Gasteiger partial charge is 0.271 e. The molecule has 8 nitrogen and oxygen atoms in total. The van der Waals surface area contributed by atoms with E-state index in [-0.39, 0.29) is 18.1 Å². The molecular formula is C12H23N5O3S. The average Bonchev–Trinajstić information content (AvgIpc) is 2.58. The second-order valence-electron chi connectivity index (χ2n) is 5.63. The molecule has 4 N–H and O–H groups in total. The number of nitrogens with zero attached hydrogens (tertiary/aromatic N) is 2. The summed E-state index contributed by atoms with van der Waals surface area (Å²) in [6.07, 6.45) is 1.71. The zero-order valence-corrected chi connectivity index (χ0v) is 13.8. The minimum absolute atomic E-state index is 0.130. The van der Waals surface area contributed by atoms with Crippen LogP contribution >= 0.6 is 0 Å². The molecule has 0 radical (unpaired) electrons. The standard InChI is InChI=1S/C12H23N5O3S/c1-6-8-9(13)10(17(4)15-8)11(18)14-7-12(2,3)16-21(5,19)20/h16H,6-7,13H2,1-5H3,(H,14,18). The maximum atomic E-state index is 12.2. The first kappa shape index (κ1) is 17.4. The normalized spacial score (nSPS) is 12.4. The number of carbonyl (C=O) groups excluding carboxylic acids is 1. The summed E-state index contributed by atoms with van der Waals surface area (Å²) in [5.74, 6) is -0.384. The van der Waals surface area contributed by atoms with Gasteiger partial charge in [-0.05, 0) is 20.3 Å². The van der Waals surface area contributed by atoms with Crippen LogP contribution in [0.15, 0.2) is 0 Å². The highest BCUT2D eigenvalue weighted by Crippen LogP contribution is 2.16. The summed E-state index contributed by atoms with van der Waals surface area (Å²) in [7, 11) is -1.71. The van der Waals surface area contributed by atoms with E-state index in [0.29, 0.717) is 17.8 Å². The molecule has 1 rings (SSSR count). The van der Waals surface area contributed by atoms with Crippen LogP contribution in [0.5, 0.6) is 0 Å². The molecule has 0 aliphatic rings. The molecular weight excluding hydrogens is 294 g/mol. The molecule has 21 heavy (non-hydrogen) atoms. The fourth-order valence-electron chi connectivity index (χ4n) is 2.05. The van der Waals surface area contributed by atoms with Crippen molar-refractivity contribution in [1.29, 1.82) is 0 Å². The van der Waals surface area contributed by atoms with Gasteiger partial charge in [0.25, 0.3) is 5.91 Å². The van der Waals surface area contributed by atoms with Crippen molar-refractivity contribution in [2.75, 3.05) is 18.5 Å². The number of sulfonamides is 1. The van der Waals surface area contributed by atoms with E-state index in [2.05, 4.69) is 15.1 Å². The first-order valence-electron chi connectivity index (χ1n) is 6.55. The number of anilines is 1. The van der Waals surface area contributed by atoms with Gasteiger partial charge in [0.1, 0.15) is 5.69 Å². The molecule has 1 aromatic rings. The molecule has 0 spiro atoms. The molecule has 0 aromatic carbocycles. The number of amides is 1. The lowest BCUT2D eigenvalue weighted by Gasteiger charge is -2.25. The van der Waals surface area contributed by atoms with Crippen molar-refractivity contribution in [3.8, 4) is 0 Å². The van der Waals surface area contributed by atoms with Crippen LogP contribution in [0.25, 0.3) is 0 Å². The van der Waals surface area contributed by atoms with Gasteiger partial charge in [-0.2, -0.15) is 5.10 Å². The average molecular weight is 317 g/mol. The number of hydrogen-bond acceptors (Lipinski definition) is 5. The number of rotatable bonds is 6. The van der Waals surface area contributed by atoms with Crippen molar-refractivity contribution >= 4 is 21.6 Å². The fourth-order valence-corrected chi connectivity index (χ4v) is 3.13. The Morgan fingerprint density at radius 3 is 2.43 bits per heavy atom. The van der Waals surface area contributed by atoms with Crippen LogP contribution in [-0.4, -0.2) is 42.4 Å². The molecule has 0 fully saturated rings. The van der Waals surface area contributed by atoms with Gasteiger partial charge < -0.3 is 11.1 Å². The van der Waals surface area contributed by atoms with Gasteiger partial charge in [-0.15, -0.1) is 0 Å². The molecule has 120 valence electrons. The van der Waals surface area contributed by atoms with Crippen LogP contribution < -0.4 is 15.8 Å². The van der Waals surface area contributed by atoms with Crippen LogP contribution in [0.3, 0.4) is 0 Å². The molecule has 0 aliphatic heterocycles. The van der Waals surface area contributed by atoms with E-state index >= 15 is 0 Å². The molecule has 1 aromatic heterocycles. The molecule has 0 bridgehead atoms. The van der Waals surface area contributed by atoms with E-state index < -0.39 is 15.6 Å². The van der Waals surface area contributed by atoms with Crippen LogP contribution in [0.1, 0.15) is 37.0 Å². The Hall–Kier alpha value is -1.61. The predicted molar refractivity (Wildman–Crippen MR) is 81.4 cm³/mol. The monoisotopic (exact) mass is 317 g/mol. The van der Waals surface area contributed by atoms with E-state index in [4.69, 9.17) is 5.73 Å². The molecule has 0 unspecified atom stereocenters.